The van der Waals surface area contributed by atoms with Gasteiger partial charge in [0.1, 0.15) is 30.6 Å². The van der Waals surface area contributed by atoms with Crippen LogP contribution in [0.2, 0.25) is 0 Å². The number of hydrogen-bond donors (Lipinski definition) is 0. The van der Waals surface area contributed by atoms with Gasteiger partial charge in [-0.1, -0.05) is 32.9 Å². The molecule has 6 nitrogen and oxygen atoms in total. The number of carbonyl (C=O) groups excluding carboxylic acids is 2. The summed E-state index contributed by atoms with van der Waals surface area (Å²) in [4.78, 5) is 25.9. The van der Waals surface area contributed by atoms with E-state index in [4.69, 9.17) is 14.2 Å². The van der Waals surface area contributed by atoms with Crippen LogP contribution in [0.15, 0.2) is 24.3 Å². The highest BCUT2D eigenvalue weighted by Gasteiger charge is 2.26. The molecule has 0 N–H and O–H groups in total. The van der Waals surface area contributed by atoms with Gasteiger partial charge < -0.3 is 18.8 Å². The normalized spacial score (nSPS) is 12.2. The lowest BCUT2D eigenvalue weighted by Crippen LogP contribution is -2.14. The molecule has 0 bridgehead atoms. The van der Waals surface area contributed by atoms with Crippen molar-refractivity contribution < 1.29 is 28.4 Å². The predicted octanol–water partition coefficient (Wildman–Crippen LogP) is 5.60. The Balaban J connectivity index is 2.23. The molecule has 1 unspecified atom stereocenters. The van der Waals surface area contributed by atoms with E-state index in [1.165, 1.54) is 21.3 Å². The van der Waals surface area contributed by atoms with Gasteiger partial charge in [0.25, 0.3) is 0 Å². The van der Waals surface area contributed by atoms with Gasteiger partial charge in [-0.25, -0.2) is 0 Å². The van der Waals surface area contributed by atoms with Gasteiger partial charge in [0.2, 0.25) is 5.52 Å². The van der Waals surface area contributed by atoms with E-state index >= 15 is 0 Å². The molecular weight excluding hydrogens is 427 g/mol. The number of Topliss-reactive ketones (excluding diaryl/α,β-unsaturated/α-hetero) is 1. The van der Waals surface area contributed by atoms with Crippen LogP contribution in [-0.4, -0.2) is 38.8 Å². The molecule has 0 fully saturated rings. The van der Waals surface area contributed by atoms with Gasteiger partial charge in [0.15, 0.2) is 5.78 Å². The second-order valence-corrected chi connectivity index (χ2v) is 10.6. The molecule has 32 heavy (non-hydrogen) atoms. The maximum Gasteiger partial charge on any atom is 0.225 e. The molecule has 0 heterocycles. The molecule has 7 heteroatoms. The molecule has 2 aromatic rings. The topological polar surface area (TPSA) is 78.9 Å². The highest BCUT2D eigenvalue weighted by Crippen LogP contribution is 2.40. The summed E-state index contributed by atoms with van der Waals surface area (Å²) in [6, 6.07) is 7.14. The van der Waals surface area contributed by atoms with Crippen LogP contribution < -0.4 is 14.2 Å². The van der Waals surface area contributed by atoms with E-state index in [9.17, 15) is 14.2 Å². The number of methoxy groups -OCH3 is 3. The van der Waals surface area contributed by atoms with E-state index in [1.807, 2.05) is 26.0 Å². The van der Waals surface area contributed by atoms with Crippen molar-refractivity contribution in [3.63, 3.8) is 0 Å². The maximum absolute atomic E-state index is 13.0. The molecule has 0 aliphatic heterocycles. The summed E-state index contributed by atoms with van der Waals surface area (Å²) in [6.07, 6.45) is 0.0153. The lowest BCUT2D eigenvalue weighted by molar-refractivity contribution is 0.0988. The molecule has 0 amide bonds. The Morgan fingerprint density at radius 2 is 1.34 bits per heavy atom. The van der Waals surface area contributed by atoms with Gasteiger partial charge in [-0.2, -0.15) is 0 Å². The summed E-state index contributed by atoms with van der Waals surface area (Å²) >= 11 is 0. The van der Waals surface area contributed by atoms with Crippen LogP contribution in [0.3, 0.4) is 0 Å². The van der Waals surface area contributed by atoms with Crippen molar-refractivity contribution >= 4 is 19.1 Å². The van der Waals surface area contributed by atoms with Gasteiger partial charge >= 0.3 is 0 Å². The average Bonchev–Trinajstić information content (AvgIpc) is 2.74. The first-order valence-corrected chi connectivity index (χ1v) is 12.1. The van der Waals surface area contributed by atoms with E-state index in [-0.39, 0.29) is 40.8 Å². The van der Waals surface area contributed by atoms with Crippen LogP contribution in [0.4, 0.5) is 0 Å². The molecule has 0 saturated carbocycles. The summed E-state index contributed by atoms with van der Waals surface area (Å²) in [5.41, 5.74) is 3.09. The minimum atomic E-state index is -2.77. The van der Waals surface area contributed by atoms with Crippen LogP contribution in [0, 0.1) is 13.8 Å². The van der Waals surface area contributed by atoms with Gasteiger partial charge in [0.05, 0.1) is 21.3 Å². The number of ketones is 1. The fraction of sp³-hybridized carbons (Fsp3) is 0.440. The van der Waals surface area contributed by atoms with Crippen LogP contribution in [0.1, 0.15) is 64.6 Å². The van der Waals surface area contributed by atoms with Gasteiger partial charge in [-0.3, -0.25) is 9.59 Å². The van der Waals surface area contributed by atoms with Crippen molar-refractivity contribution in [2.24, 2.45) is 0 Å². The Morgan fingerprint density at radius 1 is 0.844 bits per heavy atom. The molecular formula is C25H33O6P. The second-order valence-electron chi connectivity index (χ2n) is 8.82. The van der Waals surface area contributed by atoms with E-state index < -0.39 is 13.3 Å². The minimum Gasteiger partial charge on any atom is -0.496 e. The lowest BCUT2D eigenvalue weighted by Gasteiger charge is -2.22. The first-order valence-electron chi connectivity index (χ1n) is 10.5. The molecule has 1 atom stereocenters. The Morgan fingerprint density at radius 3 is 1.75 bits per heavy atom. The Labute approximate surface area is 191 Å². The first kappa shape index (κ1) is 25.7. The van der Waals surface area contributed by atoms with Crippen LogP contribution in [0.25, 0.3) is 0 Å². The molecule has 0 radical (unpaired) electrons. The zero-order valence-electron chi connectivity index (χ0n) is 20.2. The zero-order chi connectivity index (χ0) is 24.2. The highest BCUT2D eigenvalue weighted by molar-refractivity contribution is 7.64. The standard InChI is InChI=1S/C25H33O6P/c1-15-11-17(25(3,4)5)12-16(2)22(15)19(26)9-10-32(28)24(27)23-20(30-7)13-18(29-6)14-21(23)31-8/h11-14,32H,9-10H2,1-8H3. The highest BCUT2D eigenvalue weighted by atomic mass is 31.1. The Kier molecular flexibility index (Phi) is 8.30. The number of carbonyl (C=O) groups is 2. The monoisotopic (exact) mass is 460 g/mol. The molecule has 0 aromatic heterocycles. The molecule has 2 rings (SSSR count). The van der Waals surface area contributed by atoms with Gasteiger partial charge in [-0.15, -0.1) is 0 Å². The summed E-state index contributed by atoms with van der Waals surface area (Å²) in [5.74, 6) is 0.788. The first-order chi connectivity index (χ1) is 14.9. The SMILES string of the molecule is COc1cc(OC)c(C(=O)[PH](=O)CCC(=O)c2c(C)cc(C(C)(C)C)cc2C)c(OC)c1. The second kappa shape index (κ2) is 10.4. The Hall–Kier alpha value is -2.59. The third kappa shape index (κ3) is 5.60. The molecule has 0 aliphatic rings. The average molecular weight is 461 g/mol. The quantitative estimate of drug-likeness (QED) is 0.358. The van der Waals surface area contributed by atoms with E-state index in [1.54, 1.807) is 12.1 Å². The van der Waals surface area contributed by atoms with Crippen molar-refractivity contribution in [3.05, 3.63) is 52.1 Å². The van der Waals surface area contributed by atoms with Crippen molar-refractivity contribution in [2.45, 2.75) is 46.5 Å². The molecule has 0 aliphatic carbocycles. The molecule has 2 aromatic carbocycles. The third-order valence-electron chi connectivity index (χ3n) is 5.45. The zero-order valence-corrected chi connectivity index (χ0v) is 21.2. The lowest BCUT2D eigenvalue weighted by atomic mass is 9.83. The molecule has 174 valence electrons. The van der Waals surface area contributed by atoms with Crippen molar-refractivity contribution in [3.8, 4) is 17.2 Å². The number of hydrogen-bond acceptors (Lipinski definition) is 6. The summed E-state index contributed by atoms with van der Waals surface area (Å²) in [6.45, 7) is 10.2. The van der Waals surface area contributed by atoms with Crippen molar-refractivity contribution in [2.75, 3.05) is 27.5 Å². The Bertz CT molecular complexity index is 1000. The summed E-state index contributed by atoms with van der Waals surface area (Å²) in [7, 11) is 1.55. The largest absolute Gasteiger partial charge is 0.496 e. The number of benzene rings is 2. The number of ether oxygens (including phenoxy) is 3. The van der Waals surface area contributed by atoms with Gasteiger partial charge in [-0.05, 0) is 36.0 Å². The summed E-state index contributed by atoms with van der Waals surface area (Å²) < 4.78 is 28.6. The fourth-order valence-electron chi connectivity index (χ4n) is 3.67. The number of aryl methyl sites for hydroxylation is 2. The third-order valence-corrected chi connectivity index (χ3v) is 6.91. The van der Waals surface area contributed by atoms with Gasteiger partial charge in [0, 0.05) is 30.3 Å². The van der Waals surface area contributed by atoms with Crippen LogP contribution in [0.5, 0.6) is 17.2 Å². The smallest absolute Gasteiger partial charge is 0.225 e. The molecule has 0 saturated heterocycles. The minimum absolute atomic E-state index is 0.0133. The van der Waals surface area contributed by atoms with E-state index in [0.717, 1.165) is 16.7 Å². The van der Waals surface area contributed by atoms with E-state index in [2.05, 4.69) is 20.8 Å². The van der Waals surface area contributed by atoms with Crippen molar-refractivity contribution in [1.82, 2.24) is 0 Å². The fourth-order valence-corrected chi connectivity index (χ4v) is 4.88. The maximum atomic E-state index is 13.0. The molecule has 0 spiro atoms. The van der Waals surface area contributed by atoms with E-state index in [0.29, 0.717) is 11.3 Å². The van der Waals surface area contributed by atoms with Crippen molar-refractivity contribution in [1.29, 1.82) is 0 Å². The van der Waals surface area contributed by atoms with Crippen LogP contribution >= 0.6 is 7.80 Å². The number of rotatable bonds is 9. The summed E-state index contributed by atoms with van der Waals surface area (Å²) in [5, 5.41) is 0. The predicted molar refractivity (Wildman–Crippen MR) is 128 cm³/mol. The van der Waals surface area contributed by atoms with Crippen LogP contribution in [-0.2, 0) is 9.98 Å².